The van der Waals surface area contributed by atoms with E-state index in [9.17, 15) is 23.2 Å². The molecule has 0 fully saturated rings. The summed E-state index contributed by atoms with van der Waals surface area (Å²) in [6.07, 6.45) is 0. The Kier molecular flexibility index (Phi) is 6.68. The summed E-state index contributed by atoms with van der Waals surface area (Å²) in [6.45, 7) is 1.18. The zero-order valence-corrected chi connectivity index (χ0v) is 18.5. The van der Waals surface area contributed by atoms with E-state index in [2.05, 4.69) is 26.2 Å². The fourth-order valence-electron chi connectivity index (χ4n) is 2.96. The lowest BCUT2D eigenvalue weighted by Gasteiger charge is -2.16. The Bertz CT molecular complexity index is 1290. The smallest absolute Gasteiger partial charge is 0.276 e. The SMILES string of the molecule is CNC(=O)c1ccc(C(N)=O)c(-n2c(C)nc(OCc3ccc(F)cc3F)c(Br)c2=O)c1. The first kappa shape index (κ1) is 23.1. The lowest BCUT2D eigenvalue weighted by molar-refractivity contribution is 0.0959. The minimum Gasteiger partial charge on any atom is -0.472 e. The van der Waals surface area contributed by atoms with Crippen LogP contribution in [0.3, 0.4) is 0 Å². The maximum Gasteiger partial charge on any atom is 0.276 e. The maximum atomic E-state index is 13.9. The van der Waals surface area contributed by atoms with Crippen molar-refractivity contribution >= 4 is 27.7 Å². The first-order valence-corrected chi connectivity index (χ1v) is 9.95. The Morgan fingerprint density at radius 2 is 1.94 bits per heavy atom. The number of carbonyl (C=O) groups is 2. The third-order valence-corrected chi connectivity index (χ3v) is 5.22. The zero-order chi connectivity index (χ0) is 23.6. The number of nitrogens with zero attached hydrogens (tertiary/aromatic N) is 2. The van der Waals surface area contributed by atoms with Crippen LogP contribution in [0.5, 0.6) is 5.88 Å². The normalized spacial score (nSPS) is 10.7. The Morgan fingerprint density at radius 3 is 2.56 bits per heavy atom. The van der Waals surface area contributed by atoms with Crippen LogP contribution in [0, 0.1) is 18.6 Å². The molecule has 8 nitrogen and oxygen atoms in total. The zero-order valence-electron chi connectivity index (χ0n) is 16.9. The average Bonchev–Trinajstić information content (AvgIpc) is 2.75. The van der Waals surface area contributed by atoms with E-state index < -0.39 is 29.0 Å². The van der Waals surface area contributed by atoms with E-state index in [1.54, 1.807) is 0 Å². The molecule has 1 aromatic heterocycles. The molecular formula is C21H17BrF2N4O4. The van der Waals surface area contributed by atoms with E-state index in [1.165, 1.54) is 38.2 Å². The van der Waals surface area contributed by atoms with Gasteiger partial charge in [-0.3, -0.25) is 19.0 Å². The van der Waals surface area contributed by atoms with Crippen LogP contribution in [0.4, 0.5) is 8.78 Å². The van der Waals surface area contributed by atoms with E-state index in [1.807, 2.05) is 0 Å². The van der Waals surface area contributed by atoms with E-state index >= 15 is 0 Å². The summed E-state index contributed by atoms with van der Waals surface area (Å²) in [5.41, 5.74) is 5.11. The first-order chi connectivity index (χ1) is 15.1. The number of aryl methyl sites for hydroxylation is 1. The third kappa shape index (κ3) is 4.52. The molecule has 0 radical (unpaired) electrons. The largest absolute Gasteiger partial charge is 0.472 e. The molecule has 1 heterocycles. The van der Waals surface area contributed by atoms with Gasteiger partial charge in [0.05, 0.1) is 11.3 Å². The van der Waals surface area contributed by atoms with Crippen LogP contribution in [0.25, 0.3) is 5.69 Å². The average molecular weight is 507 g/mol. The molecule has 0 atom stereocenters. The fraction of sp³-hybridized carbons (Fsp3) is 0.143. The lowest BCUT2D eigenvalue weighted by Crippen LogP contribution is -2.27. The fourth-order valence-corrected chi connectivity index (χ4v) is 3.34. The Morgan fingerprint density at radius 1 is 1.22 bits per heavy atom. The number of halogens is 3. The molecule has 3 rings (SSSR count). The van der Waals surface area contributed by atoms with Crippen molar-refractivity contribution in [3.8, 4) is 11.6 Å². The van der Waals surface area contributed by atoms with Crippen LogP contribution < -0.4 is 21.3 Å². The molecule has 2 amide bonds. The van der Waals surface area contributed by atoms with Crippen LogP contribution >= 0.6 is 15.9 Å². The van der Waals surface area contributed by atoms with Gasteiger partial charge in [0, 0.05) is 24.2 Å². The summed E-state index contributed by atoms with van der Waals surface area (Å²) >= 11 is 3.12. The molecular weight excluding hydrogens is 490 g/mol. The Labute approximate surface area is 189 Å². The highest BCUT2D eigenvalue weighted by Crippen LogP contribution is 2.24. The highest BCUT2D eigenvalue weighted by atomic mass is 79.9. The molecule has 32 heavy (non-hydrogen) atoms. The number of ether oxygens (including phenoxy) is 1. The van der Waals surface area contributed by atoms with Crippen LogP contribution in [-0.2, 0) is 6.61 Å². The van der Waals surface area contributed by atoms with E-state index in [0.717, 1.165) is 16.7 Å². The van der Waals surface area contributed by atoms with Gasteiger partial charge in [-0.25, -0.2) is 8.78 Å². The van der Waals surface area contributed by atoms with Crippen LogP contribution in [0.1, 0.15) is 32.1 Å². The van der Waals surface area contributed by atoms with Gasteiger partial charge >= 0.3 is 0 Å². The van der Waals surface area contributed by atoms with Gasteiger partial charge in [0.2, 0.25) is 5.88 Å². The summed E-state index contributed by atoms with van der Waals surface area (Å²) in [7, 11) is 1.44. The summed E-state index contributed by atoms with van der Waals surface area (Å²) in [5, 5.41) is 2.46. The van der Waals surface area contributed by atoms with Crippen molar-refractivity contribution < 1.29 is 23.1 Å². The molecule has 0 aliphatic rings. The molecule has 3 aromatic rings. The second-order valence-corrected chi connectivity index (χ2v) is 7.41. The van der Waals surface area contributed by atoms with Crippen molar-refractivity contribution in [2.75, 3.05) is 7.05 Å². The highest BCUT2D eigenvalue weighted by molar-refractivity contribution is 9.10. The molecule has 2 aromatic carbocycles. The highest BCUT2D eigenvalue weighted by Gasteiger charge is 2.21. The van der Waals surface area contributed by atoms with Crippen LogP contribution in [-0.4, -0.2) is 28.4 Å². The number of hydrogen-bond acceptors (Lipinski definition) is 5. The molecule has 0 aliphatic heterocycles. The van der Waals surface area contributed by atoms with Crippen molar-refractivity contribution in [1.82, 2.24) is 14.9 Å². The quantitative estimate of drug-likeness (QED) is 0.532. The number of nitrogens with two attached hydrogens (primary N) is 1. The van der Waals surface area contributed by atoms with Gasteiger partial charge in [-0.2, -0.15) is 4.98 Å². The molecule has 3 N–H and O–H groups in total. The summed E-state index contributed by atoms with van der Waals surface area (Å²) in [6, 6.07) is 7.10. The molecule has 0 unspecified atom stereocenters. The van der Waals surface area contributed by atoms with Crippen molar-refractivity contribution in [3.63, 3.8) is 0 Å². The monoisotopic (exact) mass is 506 g/mol. The molecule has 0 aliphatic carbocycles. The molecule has 0 saturated heterocycles. The minimum absolute atomic E-state index is 0.00129. The standard InChI is InChI=1S/C21H17BrF2N4O4/c1-10-27-20(32-9-12-3-5-13(23)8-15(12)24)17(22)21(31)28(10)16-7-11(19(30)26-2)4-6-14(16)18(25)29/h3-8H,9H2,1-2H3,(H2,25,29)(H,26,30). The summed E-state index contributed by atoms with van der Waals surface area (Å²) < 4.78 is 33.4. The number of primary amides is 1. The minimum atomic E-state index is -0.807. The van der Waals surface area contributed by atoms with Gasteiger partial charge in [0.25, 0.3) is 17.4 Å². The first-order valence-electron chi connectivity index (χ1n) is 9.16. The predicted octanol–water partition coefficient (Wildman–Crippen LogP) is 2.62. The number of aromatic nitrogens is 2. The van der Waals surface area contributed by atoms with Crippen molar-refractivity contribution in [2.45, 2.75) is 13.5 Å². The van der Waals surface area contributed by atoms with Gasteiger partial charge in [-0.05, 0) is 53.2 Å². The van der Waals surface area contributed by atoms with Gasteiger partial charge in [-0.15, -0.1) is 0 Å². The second-order valence-electron chi connectivity index (χ2n) is 6.62. The number of amides is 2. The maximum absolute atomic E-state index is 13.9. The summed E-state index contributed by atoms with van der Waals surface area (Å²) in [4.78, 5) is 41.2. The van der Waals surface area contributed by atoms with Crippen molar-refractivity contribution in [3.05, 3.63) is 85.4 Å². The Balaban J connectivity index is 2.07. The van der Waals surface area contributed by atoms with Gasteiger partial charge in [0.15, 0.2) is 0 Å². The molecule has 166 valence electrons. The molecule has 11 heteroatoms. The predicted molar refractivity (Wildman–Crippen MR) is 115 cm³/mol. The lowest BCUT2D eigenvalue weighted by atomic mass is 10.1. The van der Waals surface area contributed by atoms with Gasteiger partial charge in [0.1, 0.15) is 28.5 Å². The van der Waals surface area contributed by atoms with E-state index in [-0.39, 0.29) is 45.2 Å². The van der Waals surface area contributed by atoms with Crippen molar-refractivity contribution in [2.24, 2.45) is 5.73 Å². The van der Waals surface area contributed by atoms with Crippen LogP contribution in [0.2, 0.25) is 0 Å². The number of rotatable bonds is 6. The number of hydrogen-bond donors (Lipinski definition) is 2. The van der Waals surface area contributed by atoms with E-state index in [0.29, 0.717) is 0 Å². The van der Waals surface area contributed by atoms with Crippen LogP contribution in [0.15, 0.2) is 45.7 Å². The van der Waals surface area contributed by atoms with Gasteiger partial charge < -0.3 is 15.8 Å². The number of carbonyl (C=O) groups excluding carboxylic acids is 2. The molecule has 0 saturated carbocycles. The Hall–Kier alpha value is -3.60. The topological polar surface area (TPSA) is 116 Å². The summed E-state index contributed by atoms with van der Waals surface area (Å²) in [5.74, 6) is -2.78. The molecule has 0 spiro atoms. The van der Waals surface area contributed by atoms with Crippen molar-refractivity contribution in [1.29, 1.82) is 0 Å². The van der Waals surface area contributed by atoms with Gasteiger partial charge in [-0.1, -0.05) is 0 Å². The second kappa shape index (κ2) is 9.27. The molecule has 0 bridgehead atoms. The third-order valence-electron chi connectivity index (χ3n) is 4.54. The number of nitrogens with one attached hydrogen (secondary N) is 1. The number of benzene rings is 2. The van der Waals surface area contributed by atoms with E-state index in [4.69, 9.17) is 10.5 Å².